The van der Waals surface area contributed by atoms with E-state index in [0.717, 1.165) is 37.5 Å². The molecule has 1 N–H and O–H groups in total. The summed E-state index contributed by atoms with van der Waals surface area (Å²) in [6.07, 6.45) is 4.35. The van der Waals surface area contributed by atoms with Gasteiger partial charge >= 0.3 is 0 Å². The van der Waals surface area contributed by atoms with Crippen LogP contribution in [0.25, 0.3) is 6.08 Å². The van der Waals surface area contributed by atoms with Crippen LogP contribution in [0.15, 0.2) is 28.8 Å². The molecule has 0 spiro atoms. The first-order valence-electron chi connectivity index (χ1n) is 6.03. The summed E-state index contributed by atoms with van der Waals surface area (Å²) in [5.41, 5.74) is 3.89. The highest BCUT2D eigenvalue weighted by Crippen LogP contribution is 2.31. The normalized spacial score (nSPS) is 16.9. The quantitative estimate of drug-likeness (QED) is 0.890. The predicted molar refractivity (Wildman–Crippen MR) is 76.8 cm³/mol. The van der Waals surface area contributed by atoms with E-state index in [1.165, 1.54) is 16.7 Å². The molecule has 1 aromatic carbocycles. The lowest BCUT2D eigenvalue weighted by Crippen LogP contribution is -2.22. The molecule has 0 saturated heterocycles. The van der Waals surface area contributed by atoms with Crippen molar-refractivity contribution in [1.82, 2.24) is 5.32 Å². The van der Waals surface area contributed by atoms with Crippen molar-refractivity contribution in [3.05, 3.63) is 34.9 Å². The van der Waals surface area contributed by atoms with Crippen LogP contribution in [-0.2, 0) is 6.42 Å². The minimum Gasteiger partial charge on any atom is -0.496 e. The number of aliphatic imine (C=N–C) groups is 1. The lowest BCUT2D eigenvalue weighted by Gasteiger charge is -2.18. The van der Waals surface area contributed by atoms with E-state index in [4.69, 9.17) is 4.74 Å². The SMILES string of the molecule is COc1cccc2c1C=C(C1=NCCN1)CC2.Cl. The van der Waals surface area contributed by atoms with Crippen molar-refractivity contribution in [3.63, 3.8) is 0 Å². The first kappa shape index (κ1) is 13.0. The van der Waals surface area contributed by atoms with Gasteiger partial charge in [-0.3, -0.25) is 4.99 Å². The third-order valence-electron chi connectivity index (χ3n) is 3.34. The largest absolute Gasteiger partial charge is 0.496 e. The van der Waals surface area contributed by atoms with Gasteiger partial charge in [0, 0.05) is 12.1 Å². The van der Waals surface area contributed by atoms with Crippen LogP contribution in [0.3, 0.4) is 0 Å². The van der Waals surface area contributed by atoms with Crippen LogP contribution in [0.5, 0.6) is 5.75 Å². The number of fused-ring (bicyclic) bond motifs is 1. The topological polar surface area (TPSA) is 33.6 Å². The molecule has 3 nitrogen and oxygen atoms in total. The molecular formula is C14H17ClN2O. The van der Waals surface area contributed by atoms with Crippen molar-refractivity contribution in [1.29, 1.82) is 0 Å². The second kappa shape index (κ2) is 5.44. The summed E-state index contributed by atoms with van der Waals surface area (Å²) in [5.74, 6) is 2.03. The molecule has 0 bridgehead atoms. The second-order valence-corrected chi connectivity index (χ2v) is 4.36. The van der Waals surface area contributed by atoms with Gasteiger partial charge in [0.05, 0.1) is 13.7 Å². The molecule has 0 amide bonds. The standard InChI is InChI=1S/C14H16N2O.ClH/c1-17-13-4-2-3-10-5-6-11(9-12(10)13)14-15-7-8-16-14;/h2-4,9H,5-8H2,1H3,(H,15,16);1H. The highest BCUT2D eigenvalue weighted by atomic mass is 35.5. The van der Waals surface area contributed by atoms with Gasteiger partial charge in [0.15, 0.2) is 0 Å². The molecule has 0 aromatic heterocycles. The molecule has 2 aliphatic rings. The highest BCUT2D eigenvalue weighted by molar-refractivity contribution is 6.03. The van der Waals surface area contributed by atoms with Gasteiger partial charge in [-0.2, -0.15) is 0 Å². The maximum atomic E-state index is 5.42. The van der Waals surface area contributed by atoms with Crippen LogP contribution >= 0.6 is 12.4 Å². The van der Waals surface area contributed by atoms with Gasteiger partial charge in [-0.15, -0.1) is 12.4 Å². The van der Waals surface area contributed by atoms with Crippen LogP contribution in [0.1, 0.15) is 17.5 Å². The van der Waals surface area contributed by atoms with Crippen LogP contribution < -0.4 is 10.1 Å². The number of ether oxygens (including phenoxy) is 1. The van der Waals surface area contributed by atoms with Crippen molar-refractivity contribution in [2.75, 3.05) is 20.2 Å². The lowest BCUT2D eigenvalue weighted by molar-refractivity contribution is 0.413. The number of halogens is 1. The molecule has 1 heterocycles. The summed E-state index contributed by atoms with van der Waals surface area (Å²) in [4.78, 5) is 4.48. The molecule has 1 aliphatic heterocycles. The molecule has 1 aromatic rings. The number of methoxy groups -OCH3 is 1. The first-order valence-corrected chi connectivity index (χ1v) is 6.03. The molecule has 3 rings (SSSR count). The number of hydrogen-bond donors (Lipinski definition) is 1. The molecular weight excluding hydrogens is 248 g/mol. The zero-order chi connectivity index (χ0) is 11.7. The maximum absolute atomic E-state index is 5.42. The number of benzene rings is 1. The molecule has 0 fully saturated rings. The third-order valence-corrected chi connectivity index (χ3v) is 3.34. The Labute approximate surface area is 113 Å². The van der Waals surface area contributed by atoms with Gasteiger partial charge in [-0.05, 0) is 36.1 Å². The van der Waals surface area contributed by atoms with Crippen molar-refractivity contribution in [2.24, 2.45) is 4.99 Å². The van der Waals surface area contributed by atoms with Crippen molar-refractivity contribution in [2.45, 2.75) is 12.8 Å². The summed E-state index contributed by atoms with van der Waals surface area (Å²) in [5, 5.41) is 3.34. The molecule has 96 valence electrons. The number of rotatable bonds is 2. The summed E-state index contributed by atoms with van der Waals surface area (Å²) >= 11 is 0. The van der Waals surface area contributed by atoms with Gasteiger partial charge in [0.1, 0.15) is 11.6 Å². The lowest BCUT2D eigenvalue weighted by atomic mass is 9.91. The van der Waals surface area contributed by atoms with Gasteiger partial charge in [0.25, 0.3) is 0 Å². The van der Waals surface area contributed by atoms with Crippen LogP contribution in [-0.4, -0.2) is 26.0 Å². The van der Waals surface area contributed by atoms with Crippen LogP contribution in [0.2, 0.25) is 0 Å². The average Bonchev–Trinajstić information content (AvgIpc) is 2.91. The predicted octanol–water partition coefficient (Wildman–Crippen LogP) is 2.45. The summed E-state index contributed by atoms with van der Waals surface area (Å²) in [6, 6.07) is 6.25. The summed E-state index contributed by atoms with van der Waals surface area (Å²) in [7, 11) is 1.73. The minimum absolute atomic E-state index is 0. The molecule has 0 atom stereocenters. The fourth-order valence-corrected chi connectivity index (χ4v) is 2.46. The zero-order valence-corrected chi connectivity index (χ0v) is 11.2. The van der Waals surface area contributed by atoms with Gasteiger partial charge in [-0.25, -0.2) is 0 Å². The average molecular weight is 265 g/mol. The smallest absolute Gasteiger partial charge is 0.126 e. The Kier molecular flexibility index (Phi) is 3.92. The van der Waals surface area contributed by atoms with E-state index < -0.39 is 0 Å². The van der Waals surface area contributed by atoms with Gasteiger partial charge in [-0.1, -0.05) is 12.1 Å². The van der Waals surface area contributed by atoms with Crippen molar-refractivity contribution < 1.29 is 4.74 Å². The van der Waals surface area contributed by atoms with Crippen molar-refractivity contribution in [3.8, 4) is 5.75 Å². The summed E-state index contributed by atoms with van der Waals surface area (Å²) < 4.78 is 5.42. The molecule has 18 heavy (non-hydrogen) atoms. The third kappa shape index (κ3) is 2.23. The molecule has 0 saturated carbocycles. The van der Waals surface area contributed by atoms with E-state index in [1.54, 1.807) is 7.11 Å². The molecule has 0 radical (unpaired) electrons. The van der Waals surface area contributed by atoms with E-state index in [-0.39, 0.29) is 12.4 Å². The molecule has 0 unspecified atom stereocenters. The number of nitrogens with one attached hydrogen (secondary N) is 1. The number of amidine groups is 1. The van der Waals surface area contributed by atoms with E-state index >= 15 is 0 Å². The second-order valence-electron chi connectivity index (χ2n) is 4.36. The monoisotopic (exact) mass is 264 g/mol. The van der Waals surface area contributed by atoms with Crippen LogP contribution in [0, 0.1) is 0 Å². The van der Waals surface area contributed by atoms with Gasteiger partial charge in [0.2, 0.25) is 0 Å². The van der Waals surface area contributed by atoms with E-state index in [2.05, 4.69) is 28.5 Å². The Morgan fingerprint density at radius 2 is 2.17 bits per heavy atom. The molecule has 1 aliphatic carbocycles. The van der Waals surface area contributed by atoms with E-state index in [9.17, 15) is 0 Å². The van der Waals surface area contributed by atoms with Crippen LogP contribution in [0.4, 0.5) is 0 Å². The molecule has 4 heteroatoms. The minimum atomic E-state index is 0. The van der Waals surface area contributed by atoms with E-state index in [1.807, 2.05) is 6.07 Å². The first-order chi connectivity index (χ1) is 8.38. The van der Waals surface area contributed by atoms with E-state index in [0.29, 0.717) is 0 Å². The number of hydrogen-bond acceptors (Lipinski definition) is 3. The Morgan fingerprint density at radius 3 is 2.89 bits per heavy atom. The Balaban J connectivity index is 0.00000120. The van der Waals surface area contributed by atoms with Gasteiger partial charge < -0.3 is 10.1 Å². The Hall–Kier alpha value is -1.48. The fourth-order valence-electron chi connectivity index (χ4n) is 2.46. The van der Waals surface area contributed by atoms with Crippen molar-refractivity contribution >= 4 is 24.3 Å². The zero-order valence-electron chi connectivity index (χ0n) is 10.4. The summed E-state index contributed by atoms with van der Waals surface area (Å²) in [6.45, 7) is 1.86. The Bertz CT molecular complexity index is 509. The highest BCUT2D eigenvalue weighted by Gasteiger charge is 2.18. The fraction of sp³-hybridized carbons (Fsp3) is 0.357. The Morgan fingerprint density at radius 1 is 1.28 bits per heavy atom. The number of nitrogens with zero attached hydrogens (tertiary/aromatic N) is 1. The maximum Gasteiger partial charge on any atom is 0.126 e. The number of aryl methyl sites for hydroxylation is 1.